The molecule has 2 atom stereocenters. The predicted octanol–water partition coefficient (Wildman–Crippen LogP) is 3.84. The number of rotatable bonds is 3. The zero-order valence-corrected chi connectivity index (χ0v) is 11.5. The molecule has 3 heteroatoms. The molecule has 0 aromatic carbocycles. The highest BCUT2D eigenvalue weighted by Gasteiger charge is 2.25. The third kappa shape index (κ3) is 2.74. The van der Waals surface area contributed by atoms with Crippen LogP contribution in [0, 0.1) is 5.92 Å². The van der Waals surface area contributed by atoms with Crippen LogP contribution in [0.3, 0.4) is 0 Å². The summed E-state index contributed by atoms with van der Waals surface area (Å²) in [5.74, 6) is 1.30. The molecule has 0 radical (unpaired) electrons. The minimum atomic E-state index is 0.536. The van der Waals surface area contributed by atoms with E-state index in [0.717, 1.165) is 11.5 Å². The van der Waals surface area contributed by atoms with Crippen molar-refractivity contribution in [2.75, 3.05) is 11.9 Å². The van der Waals surface area contributed by atoms with Crippen LogP contribution in [-0.2, 0) is 5.88 Å². The predicted molar refractivity (Wildman–Crippen MR) is 73.6 cm³/mol. The maximum Gasteiger partial charge on any atom is 0.0509 e. The maximum atomic E-state index is 5.98. The summed E-state index contributed by atoms with van der Waals surface area (Å²) < 4.78 is 0. The topological polar surface area (TPSA) is 16.1 Å². The van der Waals surface area contributed by atoms with E-state index in [9.17, 15) is 0 Å². The highest BCUT2D eigenvalue weighted by molar-refractivity contribution is 6.17. The quantitative estimate of drug-likeness (QED) is 0.760. The third-order valence-electron chi connectivity index (χ3n) is 3.97. The van der Waals surface area contributed by atoms with Gasteiger partial charge in [-0.25, -0.2) is 0 Å². The van der Waals surface area contributed by atoms with Crippen molar-refractivity contribution >= 4 is 17.3 Å². The number of alkyl halides is 1. The fourth-order valence-electron chi connectivity index (χ4n) is 2.92. The minimum absolute atomic E-state index is 0.536. The van der Waals surface area contributed by atoms with Crippen LogP contribution in [0.2, 0.25) is 0 Å². The largest absolute Gasteiger partial charge is 0.371 e. The maximum absolute atomic E-state index is 5.98. The van der Waals surface area contributed by atoms with Gasteiger partial charge in [0.1, 0.15) is 0 Å². The Hall–Kier alpha value is -0.760. The standard InChI is InChI=1S/C14H21ClN2/c1-11-5-3-4-6-13(11)17(2)14-7-8-16-10-12(14)9-15/h7-8,10-11,13H,3-6,9H2,1-2H3. The highest BCUT2D eigenvalue weighted by atomic mass is 35.5. The van der Waals surface area contributed by atoms with Gasteiger partial charge in [-0.05, 0) is 24.8 Å². The summed E-state index contributed by atoms with van der Waals surface area (Å²) >= 11 is 5.98. The van der Waals surface area contributed by atoms with Crippen LogP contribution in [0.25, 0.3) is 0 Å². The van der Waals surface area contributed by atoms with Gasteiger partial charge in [0.2, 0.25) is 0 Å². The van der Waals surface area contributed by atoms with E-state index in [1.165, 1.54) is 31.4 Å². The second kappa shape index (κ2) is 5.72. The third-order valence-corrected chi connectivity index (χ3v) is 4.25. The molecule has 0 N–H and O–H groups in total. The van der Waals surface area contributed by atoms with Crippen LogP contribution < -0.4 is 4.90 Å². The van der Waals surface area contributed by atoms with Gasteiger partial charge < -0.3 is 4.90 Å². The molecule has 1 aliphatic rings. The Morgan fingerprint density at radius 2 is 2.18 bits per heavy atom. The molecule has 1 heterocycles. The summed E-state index contributed by atoms with van der Waals surface area (Å²) in [6, 6.07) is 2.73. The van der Waals surface area contributed by atoms with E-state index in [4.69, 9.17) is 11.6 Å². The Bertz CT molecular complexity index is 367. The number of nitrogens with zero attached hydrogens (tertiary/aromatic N) is 2. The summed E-state index contributed by atoms with van der Waals surface area (Å²) in [5.41, 5.74) is 2.38. The summed E-state index contributed by atoms with van der Waals surface area (Å²) in [6.07, 6.45) is 9.10. The SMILES string of the molecule is CC1CCCCC1N(C)c1ccncc1CCl. The van der Waals surface area contributed by atoms with Crippen molar-refractivity contribution in [2.45, 2.75) is 44.5 Å². The van der Waals surface area contributed by atoms with E-state index < -0.39 is 0 Å². The zero-order chi connectivity index (χ0) is 12.3. The van der Waals surface area contributed by atoms with E-state index in [2.05, 4.69) is 29.9 Å². The molecular weight excluding hydrogens is 232 g/mol. The summed E-state index contributed by atoms with van der Waals surface area (Å²) in [4.78, 5) is 6.56. The van der Waals surface area contributed by atoms with Gasteiger partial charge in [0.15, 0.2) is 0 Å². The molecule has 1 aromatic heterocycles. The Kier molecular flexibility index (Phi) is 4.27. The summed E-state index contributed by atoms with van der Waals surface area (Å²) in [6.45, 7) is 2.36. The molecule has 2 nitrogen and oxygen atoms in total. The van der Waals surface area contributed by atoms with Crippen molar-refractivity contribution in [2.24, 2.45) is 5.92 Å². The van der Waals surface area contributed by atoms with Crippen molar-refractivity contribution in [1.82, 2.24) is 4.98 Å². The van der Waals surface area contributed by atoms with Crippen LogP contribution in [0.15, 0.2) is 18.5 Å². The first-order valence-electron chi connectivity index (χ1n) is 6.45. The van der Waals surface area contributed by atoms with E-state index in [1.54, 1.807) is 0 Å². The lowest BCUT2D eigenvalue weighted by Gasteiger charge is -2.38. The van der Waals surface area contributed by atoms with Crippen molar-refractivity contribution in [3.8, 4) is 0 Å². The van der Waals surface area contributed by atoms with E-state index >= 15 is 0 Å². The van der Waals surface area contributed by atoms with Gasteiger partial charge in [0.25, 0.3) is 0 Å². The number of aromatic nitrogens is 1. The average molecular weight is 253 g/mol. The van der Waals surface area contributed by atoms with Gasteiger partial charge in [0, 0.05) is 36.7 Å². The lowest BCUT2D eigenvalue weighted by Crippen LogP contribution is -2.39. The van der Waals surface area contributed by atoms with Crippen molar-refractivity contribution in [1.29, 1.82) is 0 Å². The van der Waals surface area contributed by atoms with Crippen molar-refractivity contribution in [3.05, 3.63) is 24.0 Å². The molecule has 2 unspecified atom stereocenters. The fraction of sp³-hybridized carbons (Fsp3) is 0.643. The molecular formula is C14H21ClN2. The molecule has 0 amide bonds. The lowest BCUT2D eigenvalue weighted by atomic mass is 9.85. The summed E-state index contributed by atoms with van der Waals surface area (Å²) in [7, 11) is 2.19. The van der Waals surface area contributed by atoms with E-state index in [-0.39, 0.29) is 0 Å². The highest BCUT2D eigenvalue weighted by Crippen LogP contribution is 2.32. The first-order chi connectivity index (χ1) is 8.24. The minimum Gasteiger partial charge on any atom is -0.371 e. The summed E-state index contributed by atoms with van der Waals surface area (Å²) in [5, 5.41) is 0. The molecule has 0 spiro atoms. The van der Waals surface area contributed by atoms with Crippen LogP contribution in [-0.4, -0.2) is 18.1 Å². The molecule has 2 rings (SSSR count). The van der Waals surface area contributed by atoms with Gasteiger partial charge >= 0.3 is 0 Å². The van der Waals surface area contributed by atoms with Crippen molar-refractivity contribution in [3.63, 3.8) is 0 Å². The Morgan fingerprint density at radius 3 is 2.88 bits per heavy atom. The monoisotopic (exact) mass is 252 g/mol. The van der Waals surface area contributed by atoms with Gasteiger partial charge in [-0.2, -0.15) is 0 Å². The van der Waals surface area contributed by atoms with Crippen LogP contribution in [0.4, 0.5) is 5.69 Å². The van der Waals surface area contributed by atoms with Crippen LogP contribution in [0.5, 0.6) is 0 Å². The molecule has 0 aliphatic heterocycles. The van der Waals surface area contributed by atoms with E-state index in [0.29, 0.717) is 11.9 Å². The number of hydrogen-bond donors (Lipinski definition) is 0. The lowest BCUT2D eigenvalue weighted by molar-refractivity contribution is 0.321. The second-order valence-corrected chi connectivity index (χ2v) is 5.35. The number of hydrogen-bond acceptors (Lipinski definition) is 2. The smallest absolute Gasteiger partial charge is 0.0509 e. The van der Waals surface area contributed by atoms with Crippen LogP contribution in [0.1, 0.15) is 38.2 Å². The number of halogens is 1. The molecule has 0 saturated heterocycles. The van der Waals surface area contributed by atoms with Gasteiger partial charge in [0.05, 0.1) is 5.88 Å². The first kappa shape index (κ1) is 12.7. The van der Waals surface area contributed by atoms with E-state index in [1.807, 2.05) is 12.4 Å². The Balaban J connectivity index is 2.20. The molecule has 0 bridgehead atoms. The number of anilines is 1. The molecule has 1 fully saturated rings. The molecule has 94 valence electrons. The second-order valence-electron chi connectivity index (χ2n) is 5.08. The van der Waals surface area contributed by atoms with Gasteiger partial charge in [-0.3, -0.25) is 4.98 Å². The fourth-order valence-corrected chi connectivity index (χ4v) is 3.12. The van der Waals surface area contributed by atoms with Gasteiger partial charge in [-0.15, -0.1) is 11.6 Å². The molecule has 1 aliphatic carbocycles. The Labute approximate surface area is 109 Å². The number of pyridine rings is 1. The molecule has 17 heavy (non-hydrogen) atoms. The zero-order valence-electron chi connectivity index (χ0n) is 10.7. The molecule has 1 saturated carbocycles. The normalized spacial score (nSPS) is 24.6. The van der Waals surface area contributed by atoms with Gasteiger partial charge in [-0.1, -0.05) is 19.8 Å². The average Bonchev–Trinajstić information content (AvgIpc) is 2.38. The Morgan fingerprint density at radius 1 is 1.41 bits per heavy atom. The molecule has 1 aromatic rings. The van der Waals surface area contributed by atoms with Crippen LogP contribution >= 0.6 is 11.6 Å². The van der Waals surface area contributed by atoms with Crippen molar-refractivity contribution < 1.29 is 0 Å². The first-order valence-corrected chi connectivity index (χ1v) is 6.99.